The van der Waals surface area contributed by atoms with Crippen LogP contribution in [0.3, 0.4) is 0 Å². The van der Waals surface area contributed by atoms with Crippen LogP contribution in [-0.4, -0.2) is 11.8 Å². The van der Waals surface area contributed by atoms with Crippen molar-refractivity contribution in [1.29, 1.82) is 5.41 Å². The van der Waals surface area contributed by atoms with Gasteiger partial charge in [0, 0.05) is 10.6 Å². The molecule has 0 aromatic carbocycles. The molecule has 1 aliphatic rings. The summed E-state index contributed by atoms with van der Waals surface area (Å²) in [5.41, 5.74) is 0.991. The molecule has 1 fully saturated rings. The Hall–Kier alpha value is -1.54. The molecule has 0 aromatic rings. The first-order valence-electron chi connectivity index (χ1n) is 7.79. The summed E-state index contributed by atoms with van der Waals surface area (Å²) in [6, 6.07) is 0. The number of halogens is 1. The molecule has 0 aliphatic heterocycles. The Morgan fingerprint density at radius 3 is 2.59 bits per heavy atom. The summed E-state index contributed by atoms with van der Waals surface area (Å²) in [5, 5.41) is 8.56. The van der Waals surface area contributed by atoms with Crippen LogP contribution in [0.2, 0.25) is 0 Å². The van der Waals surface area contributed by atoms with E-state index in [2.05, 4.69) is 20.1 Å². The molecule has 2 nitrogen and oxygen atoms in total. The van der Waals surface area contributed by atoms with E-state index in [0.29, 0.717) is 22.1 Å². The number of nitrogens with one attached hydrogen (secondary N) is 1. The predicted molar refractivity (Wildman–Crippen MR) is 96.4 cm³/mol. The minimum absolute atomic E-state index is 0.285. The van der Waals surface area contributed by atoms with Crippen LogP contribution in [0.4, 0.5) is 0 Å². The number of hydrogen-bond donors (Lipinski definition) is 1. The van der Waals surface area contributed by atoms with Gasteiger partial charge in [0.1, 0.15) is 5.76 Å². The van der Waals surface area contributed by atoms with Crippen LogP contribution in [0.25, 0.3) is 0 Å². The van der Waals surface area contributed by atoms with E-state index in [-0.39, 0.29) is 6.10 Å². The first kappa shape index (κ1) is 18.5. The molecule has 1 N–H and O–H groups in total. The molecular formula is C19H26ClNO. The van der Waals surface area contributed by atoms with Gasteiger partial charge >= 0.3 is 0 Å². The fourth-order valence-corrected chi connectivity index (χ4v) is 2.85. The zero-order chi connectivity index (χ0) is 16.5. The molecule has 1 aliphatic carbocycles. The van der Waals surface area contributed by atoms with Crippen molar-refractivity contribution < 1.29 is 4.74 Å². The van der Waals surface area contributed by atoms with Crippen LogP contribution in [0.5, 0.6) is 0 Å². The number of allylic oxidation sites excluding steroid dienone is 7. The third-order valence-corrected chi connectivity index (χ3v) is 4.07. The maximum absolute atomic E-state index is 8.06. The van der Waals surface area contributed by atoms with Crippen molar-refractivity contribution in [3.05, 3.63) is 59.9 Å². The molecule has 0 heterocycles. The number of hydrogen-bond acceptors (Lipinski definition) is 2. The molecule has 0 amide bonds. The highest BCUT2D eigenvalue weighted by Crippen LogP contribution is 2.34. The monoisotopic (exact) mass is 319 g/mol. The fourth-order valence-electron chi connectivity index (χ4n) is 2.55. The van der Waals surface area contributed by atoms with E-state index in [1.54, 1.807) is 30.4 Å². The molecule has 0 bridgehead atoms. The highest BCUT2D eigenvalue weighted by atomic mass is 35.5. The Morgan fingerprint density at radius 2 is 2.05 bits per heavy atom. The van der Waals surface area contributed by atoms with Gasteiger partial charge in [0.05, 0.1) is 11.8 Å². The Bertz CT molecular complexity index is 508. The van der Waals surface area contributed by atoms with Crippen molar-refractivity contribution in [3.63, 3.8) is 0 Å². The molecule has 1 saturated carbocycles. The largest absolute Gasteiger partial charge is 0.491 e. The average Bonchev–Trinajstić information content (AvgIpc) is 2.44. The summed E-state index contributed by atoms with van der Waals surface area (Å²) in [6.45, 7) is 11.6. The van der Waals surface area contributed by atoms with Crippen molar-refractivity contribution in [2.45, 2.75) is 45.6 Å². The molecule has 120 valence electrons. The van der Waals surface area contributed by atoms with E-state index >= 15 is 0 Å². The van der Waals surface area contributed by atoms with Crippen molar-refractivity contribution in [2.24, 2.45) is 5.92 Å². The van der Waals surface area contributed by atoms with Crippen LogP contribution < -0.4 is 0 Å². The SMILES string of the molecule is C=C/C=C(Cl)\C(=C/C)C(=N)/C=C\C(=C)OC1CC(CCC)C1. The summed E-state index contributed by atoms with van der Waals surface area (Å²) in [6.07, 6.45) is 13.5. The van der Waals surface area contributed by atoms with E-state index < -0.39 is 0 Å². The zero-order valence-electron chi connectivity index (χ0n) is 13.6. The van der Waals surface area contributed by atoms with Crippen LogP contribution in [-0.2, 0) is 4.74 Å². The van der Waals surface area contributed by atoms with Crippen LogP contribution in [0, 0.1) is 11.3 Å². The summed E-state index contributed by atoms with van der Waals surface area (Å²) in [5.74, 6) is 1.41. The molecule has 3 heteroatoms. The van der Waals surface area contributed by atoms with E-state index in [1.165, 1.54) is 12.8 Å². The number of ether oxygens (including phenoxy) is 1. The lowest BCUT2D eigenvalue weighted by atomic mass is 9.79. The second-order valence-electron chi connectivity index (χ2n) is 5.53. The molecule has 0 radical (unpaired) electrons. The van der Waals surface area contributed by atoms with Crippen LogP contribution in [0.15, 0.2) is 59.9 Å². The normalized spacial score (nSPS) is 22.3. The first-order valence-corrected chi connectivity index (χ1v) is 8.17. The van der Waals surface area contributed by atoms with E-state index in [4.69, 9.17) is 21.7 Å². The van der Waals surface area contributed by atoms with Crippen molar-refractivity contribution >= 4 is 17.3 Å². The second kappa shape index (κ2) is 9.47. The van der Waals surface area contributed by atoms with Gasteiger partial charge in [0.25, 0.3) is 0 Å². The molecule has 22 heavy (non-hydrogen) atoms. The standard InChI is InChI=1S/C19H26ClNO/c1-5-8-15-12-16(13-15)22-14(4)10-11-19(21)17(7-3)18(20)9-6-2/h6-7,9-11,15-16,21H,2,4-5,8,12-13H2,1,3H3/b11-10-,17-7+,18-9+,21-19?. The highest BCUT2D eigenvalue weighted by Gasteiger charge is 2.29. The molecule has 0 spiro atoms. The summed E-state index contributed by atoms with van der Waals surface area (Å²) < 4.78 is 5.77. The third kappa shape index (κ3) is 5.69. The minimum atomic E-state index is 0.285. The van der Waals surface area contributed by atoms with Gasteiger partial charge in [-0.15, -0.1) is 0 Å². The van der Waals surface area contributed by atoms with E-state index in [1.807, 2.05) is 6.92 Å². The van der Waals surface area contributed by atoms with Crippen molar-refractivity contribution in [1.82, 2.24) is 0 Å². The maximum Gasteiger partial charge on any atom is 0.112 e. The average molecular weight is 320 g/mol. The Balaban J connectivity index is 2.47. The molecule has 0 aromatic heterocycles. The maximum atomic E-state index is 8.06. The molecular weight excluding hydrogens is 294 g/mol. The fraction of sp³-hybridized carbons (Fsp3) is 0.421. The van der Waals surface area contributed by atoms with Gasteiger partial charge in [-0.2, -0.15) is 0 Å². The van der Waals surface area contributed by atoms with Crippen molar-refractivity contribution in [2.75, 3.05) is 0 Å². The Morgan fingerprint density at radius 1 is 1.36 bits per heavy atom. The topological polar surface area (TPSA) is 33.1 Å². The molecule has 0 saturated heterocycles. The highest BCUT2D eigenvalue weighted by molar-refractivity contribution is 6.36. The third-order valence-electron chi connectivity index (χ3n) is 3.74. The van der Waals surface area contributed by atoms with Gasteiger partial charge in [0.2, 0.25) is 0 Å². The lowest BCUT2D eigenvalue weighted by Gasteiger charge is -2.35. The smallest absolute Gasteiger partial charge is 0.112 e. The van der Waals surface area contributed by atoms with Gasteiger partial charge < -0.3 is 10.1 Å². The first-order chi connectivity index (χ1) is 10.5. The van der Waals surface area contributed by atoms with Crippen LogP contribution >= 0.6 is 11.6 Å². The van der Waals surface area contributed by atoms with E-state index in [9.17, 15) is 0 Å². The molecule has 0 unspecified atom stereocenters. The summed E-state index contributed by atoms with van der Waals surface area (Å²) in [4.78, 5) is 0. The van der Waals surface area contributed by atoms with E-state index in [0.717, 1.165) is 18.8 Å². The van der Waals surface area contributed by atoms with Gasteiger partial charge in [-0.1, -0.05) is 56.7 Å². The molecule has 1 rings (SSSR count). The summed E-state index contributed by atoms with van der Waals surface area (Å²) in [7, 11) is 0. The minimum Gasteiger partial charge on any atom is -0.491 e. The predicted octanol–water partition coefficient (Wildman–Crippen LogP) is 5.93. The van der Waals surface area contributed by atoms with Gasteiger partial charge in [0.15, 0.2) is 0 Å². The van der Waals surface area contributed by atoms with Crippen LogP contribution in [0.1, 0.15) is 39.5 Å². The number of rotatable bonds is 9. The second-order valence-corrected chi connectivity index (χ2v) is 5.94. The Kier molecular flexibility index (Phi) is 7.97. The van der Waals surface area contributed by atoms with Gasteiger partial charge in [-0.3, -0.25) is 0 Å². The van der Waals surface area contributed by atoms with Gasteiger partial charge in [-0.05, 0) is 43.9 Å². The summed E-state index contributed by atoms with van der Waals surface area (Å²) >= 11 is 6.11. The van der Waals surface area contributed by atoms with Crippen molar-refractivity contribution in [3.8, 4) is 0 Å². The molecule has 0 atom stereocenters. The van der Waals surface area contributed by atoms with Gasteiger partial charge in [-0.25, -0.2) is 0 Å². The Labute approximate surface area is 139 Å². The lowest BCUT2D eigenvalue weighted by molar-refractivity contribution is 0.0135. The quantitative estimate of drug-likeness (QED) is 0.319. The zero-order valence-corrected chi connectivity index (χ0v) is 14.3. The lowest BCUT2D eigenvalue weighted by Crippen LogP contribution is -2.30.